The first kappa shape index (κ1) is 14.9. The molecule has 1 amide bonds. The predicted molar refractivity (Wildman–Crippen MR) is 83.2 cm³/mol. The van der Waals surface area contributed by atoms with E-state index < -0.39 is 0 Å². The normalized spacial score (nSPS) is 16.5. The average molecular weight is 275 g/mol. The van der Waals surface area contributed by atoms with Crippen molar-refractivity contribution in [1.29, 1.82) is 0 Å². The highest BCUT2D eigenvalue weighted by Gasteiger charge is 2.23. The van der Waals surface area contributed by atoms with Crippen molar-refractivity contribution in [2.75, 3.05) is 45.1 Å². The first-order chi connectivity index (χ1) is 9.61. The van der Waals surface area contributed by atoms with Gasteiger partial charge in [-0.2, -0.15) is 0 Å². The number of hydrogen-bond acceptors (Lipinski definition) is 3. The molecule has 1 N–H and O–H groups in total. The van der Waals surface area contributed by atoms with Gasteiger partial charge in [-0.25, -0.2) is 0 Å². The summed E-state index contributed by atoms with van der Waals surface area (Å²) in [4.78, 5) is 17.0. The van der Waals surface area contributed by atoms with Crippen LogP contribution in [0, 0.1) is 5.92 Å². The summed E-state index contributed by atoms with van der Waals surface area (Å²) in [5.74, 6) is 0.821. The van der Waals surface area contributed by atoms with Gasteiger partial charge in [-0.3, -0.25) is 9.69 Å². The van der Waals surface area contributed by atoms with Gasteiger partial charge in [0.2, 0.25) is 0 Å². The number of amides is 1. The van der Waals surface area contributed by atoms with Crippen LogP contribution in [0.25, 0.3) is 0 Å². The van der Waals surface area contributed by atoms with Crippen molar-refractivity contribution >= 4 is 11.6 Å². The van der Waals surface area contributed by atoms with E-state index in [0.29, 0.717) is 5.92 Å². The van der Waals surface area contributed by atoms with Crippen molar-refractivity contribution in [1.82, 2.24) is 9.80 Å². The Hall–Kier alpha value is -1.55. The van der Waals surface area contributed by atoms with E-state index in [1.54, 1.807) is 0 Å². The van der Waals surface area contributed by atoms with E-state index >= 15 is 0 Å². The lowest BCUT2D eigenvalue weighted by Crippen LogP contribution is -2.49. The number of piperazine rings is 1. The summed E-state index contributed by atoms with van der Waals surface area (Å²) in [6, 6.07) is 7.71. The van der Waals surface area contributed by atoms with Gasteiger partial charge in [0, 0.05) is 45.5 Å². The van der Waals surface area contributed by atoms with E-state index in [1.165, 1.54) is 0 Å². The minimum Gasteiger partial charge on any atom is -0.387 e. The Balaban J connectivity index is 1.98. The molecule has 1 saturated heterocycles. The van der Waals surface area contributed by atoms with Gasteiger partial charge in [0.15, 0.2) is 0 Å². The fraction of sp³-hybridized carbons (Fsp3) is 0.562. The molecule has 1 aromatic rings. The van der Waals surface area contributed by atoms with Crippen LogP contribution in [-0.2, 0) is 0 Å². The summed E-state index contributed by atoms with van der Waals surface area (Å²) in [5, 5.41) is 3.09. The lowest BCUT2D eigenvalue weighted by molar-refractivity contribution is 0.0625. The third-order valence-electron chi connectivity index (χ3n) is 3.71. The van der Waals surface area contributed by atoms with Crippen LogP contribution < -0.4 is 5.32 Å². The van der Waals surface area contributed by atoms with Crippen molar-refractivity contribution in [3.05, 3.63) is 29.8 Å². The molecule has 0 unspecified atom stereocenters. The first-order valence-corrected chi connectivity index (χ1v) is 7.40. The number of nitrogens with one attached hydrogen (secondary N) is 1. The van der Waals surface area contributed by atoms with E-state index in [9.17, 15) is 4.79 Å². The highest BCUT2D eigenvalue weighted by molar-refractivity contribution is 5.99. The zero-order valence-corrected chi connectivity index (χ0v) is 12.7. The molecule has 4 heteroatoms. The molecular weight excluding hydrogens is 250 g/mol. The predicted octanol–water partition coefficient (Wildman–Crippen LogP) is 2.14. The zero-order valence-electron chi connectivity index (χ0n) is 12.7. The molecule has 2 rings (SSSR count). The molecule has 0 aromatic heterocycles. The number of rotatable bonds is 4. The molecule has 1 aromatic carbocycles. The molecule has 0 aliphatic carbocycles. The van der Waals surface area contributed by atoms with Crippen molar-refractivity contribution in [2.24, 2.45) is 5.92 Å². The monoisotopic (exact) mass is 275 g/mol. The highest BCUT2D eigenvalue weighted by atomic mass is 16.2. The van der Waals surface area contributed by atoms with Crippen LogP contribution in [0.2, 0.25) is 0 Å². The second kappa shape index (κ2) is 6.75. The van der Waals surface area contributed by atoms with E-state index in [2.05, 4.69) is 24.1 Å². The van der Waals surface area contributed by atoms with E-state index in [4.69, 9.17) is 0 Å². The smallest absolute Gasteiger partial charge is 0.256 e. The highest BCUT2D eigenvalue weighted by Crippen LogP contribution is 2.17. The Morgan fingerprint density at radius 3 is 2.45 bits per heavy atom. The number of hydrogen-bond donors (Lipinski definition) is 1. The molecule has 1 aliphatic heterocycles. The minimum absolute atomic E-state index is 0.138. The Morgan fingerprint density at radius 1 is 1.20 bits per heavy atom. The maximum Gasteiger partial charge on any atom is 0.256 e. The quantitative estimate of drug-likeness (QED) is 0.914. The van der Waals surface area contributed by atoms with Gasteiger partial charge in [-0.15, -0.1) is 0 Å². The van der Waals surface area contributed by atoms with Crippen LogP contribution in [0.4, 0.5) is 5.69 Å². The maximum atomic E-state index is 12.6. The molecule has 0 bridgehead atoms. The van der Waals surface area contributed by atoms with Gasteiger partial charge in [0.05, 0.1) is 5.56 Å². The van der Waals surface area contributed by atoms with Crippen LogP contribution in [0.1, 0.15) is 24.2 Å². The fourth-order valence-corrected chi connectivity index (χ4v) is 2.71. The fourth-order valence-electron chi connectivity index (χ4n) is 2.71. The summed E-state index contributed by atoms with van der Waals surface area (Å²) in [5.41, 5.74) is 1.68. The molecule has 1 aliphatic rings. The van der Waals surface area contributed by atoms with Gasteiger partial charge in [0.25, 0.3) is 5.91 Å². The molecule has 1 fully saturated rings. The van der Waals surface area contributed by atoms with Crippen molar-refractivity contribution < 1.29 is 4.79 Å². The summed E-state index contributed by atoms with van der Waals surface area (Å²) in [7, 11) is 1.85. The largest absolute Gasteiger partial charge is 0.387 e. The summed E-state index contributed by atoms with van der Waals surface area (Å²) in [6.07, 6.45) is 0. The number of carbonyl (C=O) groups is 1. The lowest BCUT2D eigenvalue weighted by atomic mass is 10.1. The molecule has 1 heterocycles. The van der Waals surface area contributed by atoms with Gasteiger partial charge in [-0.05, 0) is 18.1 Å². The summed E-state index contributed by atoms with van der Waals surface area (Å²) in [6.45, 7) is 9.20. The Kier molecular flexibility index (Phi) is 5.01. The standard InChI is InChI=1S/C16H25N3O/c1-13(2)12-18-8-10-19(11-9-18)16(20)14-6-4-5-7-15(14)17-3/h4-7,13,17H,8-12H2,1-3H3. The SMILES string of the molecule is CNc1ccccc1C(=O)N1CCN(CC(C)C)CC1. The van der Waals surface area contributed by atoms with Crippen LogP contribution in [0.15, 0.2) is 24.3 Å². The Morgan fingerprint density at radius 2 is 1.85 bits per heavy atom. The second-order valence-corrected chi connectivity index (χ2v) is 5.78. The molecule has 0 saturated carbocycles. The van der Waals surface area contributed by atoms with Crippen molar-refractivity contribution in [2.45, 2.75) is 13.8 Å². The van der Waals surface area contributed by atoms with Crippen LogP contribution in [0.3, 0.4) is 0 Å². The molecule has 20 heavy (non-hydrogen) atoms. The van der Waals surface area contributed by atoms with Crippen molar-refractivity contribution in [3.63, 3.8) is 0 Å². The molecule has 0 spiro atoms. The van der Waals surface area contributed by atoms with Crippen LogP contribution >= 0.6 is 0 Å². The average Bonchev–Trinajstić information content (AvgIpc) is 2.46. The molecule has 0 radical (unpaired) electrons. The maximum absolute atomic E-state index is 12.6. The number of benzene rings is 1. The van der Waals surface area contributed by atoms with Crippen molar-refractivity contribution in [3.8, 4) is 0 Å². The molecule has 0 atom stereocenters. The molecular formula is C16H25N3O. The van der Waals surface area contributed by atoms with E-state index in [1.807, 2.05) is 36.2 Å². The van der Waals surface area contributed by atoms with Gasteiger partial charge < -0.3 is 10.2 Å². The van der Waals surface area contributed by atoms with Gasteiger partial charge in [0.1, 0.15) is 0 Å². The Labute approximate surface area is 121 Å². The number of anilines is 1. The summed E-state index contributed by atoms with van der Waals surface area (Å²) >= 11 is 0. The lowest BCUT2D eigenvalue weighted by Gasteiger charge is -2.35. The third kappa shape index (κ3) is 3.51. The third-order valence-corrected chi connectivity index (χ3v) is 3.71. The Bertz CT molecular complexity index is 451. The summed E-state index contributed by atoms with van der Waals surface area (Å²) < 4.78 is 0. The molecule has 4 nitrogen and oxygen atoms in total. The van der Waals surface area contributed by atoms with E-state index in [0.717, 1.165) is 44.0 Å². The van der Waals surface area contributed by atoms with Crippen LogP contribution in [-0.4, -0.2) is 55.5 Å². The molecule has 110 valence electrons. The second-order valence-electron chi connectivity index (χ2n) is 5.78. The van der Waals surface area contributed by atoms with E-state index in [-0.39, 0.29) is 5.91 Å². The van der Waals surface area contributed by atoms with Crippen LogP contribution in [0.5, 0.6) is 0 Å². The first-order valence-electron chi connectivity index (χ1n) is 7.40. The number of para-hydroxylation sites is 1. The number of nitrogens with zero attached hydrogens (tertiary/aromatic N) is 2. The van der Waals surface area contributed by atoms with Gasteiger partial charge in [-0.1, -0.05) is 26.0 Å². The van der Waals surface area contributed by atoms with Gasteiger partial charge >= 0.3 is 0 Å². The topological polar surface area (TPSA) is 35.6 Å². The minimum atomic E-state index is 0.138. The number of carbonyl (C=O) groups excluding carboxylic acids is 1. The zero-order chi connectivity index (χ0) is 14.5.